The fraction of sp³-hybridized carbons (Fsp3) is 0.375. The highest BCUT2D eigenvalue weighted by molar-refractivity contribution is 5.94. The Morgan fingerprint density at radius 3 is 2.29 bits per heavy atom. The van der Waals surface area contributed by atoms with E-state index in [0.717, 1.165) is 48.3 Å². The van der Waals surface area contributed by atoms with E-state index in [2.05, 4.69) is 39.7 Å². The third-order valence-electron chi connectivity index (χ3n) is 9.03. The van der Waals surface area contributed by atoms with Gasteiger partial charge < -0.3 is 29.9 Å². The Morgan fingerprint density at radius 1 is 0.885 bits per heavy atom. The quantitative estimate of drug-likeness (QED) is 0.112. The predicted molar refractivity (Wildman–Crippen MR) is 206 cm³/mol. The Hall–Kier alpha value is -5.49. The summed E-state index contributed by atoms with van der Waals surface area (Å²) in [5.41, 5.74) is 5.55. The number of rotatable bonds is 16. The molecule has 3 aromatic carbocycles. The van der Waals surface area contributed by atoms with Gasteiger partial charge in [0.1, 0.15) is 5.82 Å². The topological polar surface area (TPSA) is 138 Å². The molecule has 276 valence electrons. The lowest BCUT2D eigenvalue weighted by Crippen LogP contribution is -2.36. The van der Waals surface area contributed by atoms with E-state index in [0.29, 0.717) is 29.2 Å². The zero-order chi connectivity index (χ0) is 37.8. The van der Waals surface area contributed by atoms with Gasteiger partial charge in [0.2, 0.25) is 11.9 Å². The molecule has 0 spiro atoms. The number of likely N-dealkylation sites (N-methyl/N-ethyl adjacent to an activating group) is 2. The van der Waals surface area contributed by atoms with Gasteiger partial charge in [-0.05, 0) is 93.4 Å². The zero-order valence-corrected chi connectivity index (χ0v) is 31.5. The molecule has 1 heterocycles. The van der Waals surface area contributed by atoms with Crippen LogP contribution in [0.1, 0.15) is 61.2 Å². The van der Waals surface area contributed by atoms with E-state index in [4.69, 9.17) is 14.5 Å². The van der Waals surface area contributed by atoms with Crippen molar-refractivity contribution >= 4 is 35.4 Å². The minimum atomic E-state index is -0.787. The molecule has 3 amide bonds. The average Bonchev–Trinajstić information content (AvgIpc) is 3.13. The normalized spacial score (nSPS) is 11.5. The molecule has 0 aliphatic heterocycles. The standard InChI is InChI=1S/C40H51N7O5/c1-9-27(5)41-37(48)24-29-15-20-34(35(23-29)51-8)52-40(50)45-36-25-33(32-14-12-13-26(4)28(32)6)43-39(44-36)42-31-18-16-30(17-19-31)38(49)46(7)21-22-47(10-2)11-3/h12-20,23,25,27H,9-11,21-22,24H2,1-8H3,(H,41,48)(H2,42,43,44,45,50). The Labute approximate surface area is 306 Å². The van der Waals surface area contributed by atoms with Crippen molar-refractivity contribution in [2.24, 2.45) is 0 Å². The molecular weight excluding hydrogens is 658 g/mol. The molecule has 1 unspecified atom stereocenters. The van der Waals surface area contributed by atoms with E-state index in [1.54, 1.807) is 53.4 Å². The first-order chi connectivity index (χ1) is 24.9. The predicted octanol–water partition coefficient (Wildman–Crippen LogP) is 6.99. The largest absolute Gasteiger partial charge is 0.493 e. The molecule has 4 aromatic rings. The molecule has 0 radical (unpaired) electrons. The lowest BCUT2D eigenvalue weighted by molar-refractivity contribution is -0.121. The maximum absolute atomic E-state index is 13.2. The lowest BCUT2D eigenvalue weighted by atomic mass is 10.0. The molecule has 0 fully saturated rings. The molecule has 0 saturated heterocycles. The first-order valence-electron chi connectivity index (χ1n) is 17.7. The molecule has 0 aliphatic carbocycles. The van der Waals surface area contributed by atoms with Crippen LogP contribution in [-0.4, -0.2) is 84.1 Å². The summed E-state index contributed by atoms with van der Waals surface area (Å²) >= 11 is 0. The Morgan fingerprint density at radius 2 is 1.62 bits per heavy atom. The minimum Gasteiger partial charge on any atom is -0.493 e. The summed E-state index contributed by atoms with van der Waals surface area (Å²) in [6, 6.07) is 19.8. The lowest BCUT2D eigenvalue weighted by Gasteiger charge is -2.23. The molecule has 3 N–H and O–H groups in total. The molecule has 0 bridgehead atoms. The Balaban J connectivity index is 1.53. The van der Waals surface area contributed by atoms with E-state index in [9.17, 15) is 14.4 Å². The van der Waals surface area contributed by atoms with Gasteiger partial charge in [-0.1, -0.05) is 45.0 Å². The number of ether oxygens (including phenoxy) is 2. The van der Waals surface area contributed by atoms with Crippen LogP contribution < -0.4 is 25.4 Å². The Bertz CT molecular complexity index is 1840. The molecule has 0 saturated carbocycles. The molecule has 12 heteroatoms. The number of nitrogens with zero attached hydrogens (tertiary/aromatic N) is 4. The second kappa shape index (κ2) is 18.7. The second-order valence-electron chi connectivity index (χ2n) is 12.7. The maximum atomic E-state index is 13.2. The number of methoxy groups -OCH3 is 1. The highest BCUT2D eigenvalue weighted by atomic mass is 16.6. The van der Waals surface area contributed by atoms with Gasteiger partial charge in [0.05, 0.1) is 19.2 Å². The summed E-state index contributed by atoms with van der Waals surface area (Å²) in [4.78, 5) is 52.0. The molecule has 4 rings (SSSR count). The molecular formula is C40H51N7O5. The van der Waals surface area contributed by atoms with Gasteiger partial charge in [0.25, 0.3) is 5.91 Å². The van der Waals surface area contributed by atoms with Crippen molar-refractivity contribution in [2.45, 2.75) is 60.4 Å². The third-order valence-corrected chi connectivity index (χ3v) is 9.03. The van der Waals surface area contributed by atoms with Gasteiger partial charge in [-0.2, -0.15) is 4.98 Å². The van der Waals surface area contributed by atoms with Crippen molar-refractivity contribution < 1.29 is 23.9 Å². The summed E-state index contributed by atoms with van der Waals surface area (Å²) in [7, 11) is 3.28. The van der Waals surface area contributed by atoms with E-state index in [1.165, 1.54) is 7.11 Å². The van der Waals surface area contributed by atoms with Crippen molar-refractivity contribution in [3.63, 3.8) is 0 Å². The van der Waals surface area contributed by atoms with Crippen LogP contribution in [0.2, 0.25) is 0 Å². The van der Waals surface area contributed by atoms with Gasteiger partial charge in [-0.15, -0.1) is 0 Å². The van der Waals surface area contributed by atoms with E-state index >= 15 is 0 Å². The number of aromatic nitrogens is 2. The number of nitrogens with one attached hydrogen (secondary N) is 3. The van der Waals surface area contributed by atoms with Crippen LogP contribution in [-0.2, 0) is 11.2 Å². The average molecular weight is 710 g/mol. The van der Waals surface area contributed by atoms with E-state index in [1.807, 2.05) is 52.9 Å². The fourth-order valence-electron chi connectivity index (χ4n) is 5.46. The summed E-state index contributed by atoms with van der Waals surface area (Å²) in [6.07, 6.45) is 0.209. The second-order valence-corrected chi connectivity index (χ2v) is 12.7. The molecule has 1 atom stereocenters. The number of anilines is 3. The number of carbonyl (C=O) groups is 3. The van der Waals surface area contributed by atoms with Crippen LogP contribution in [0.3, 0.4) is 0 Å². The van der Waals surface area contributed by atoms with E-state index in [-0.39, 0.29) is 41.8 Å². The van der Waals surface area contributed by atoms with Crippen LogP contribution >= 0.6 is 0 Å². The highest BCUT2D eigenvalue weighted by Gasteiger charge is 2.17. The van der Waals surface area contributed by atoms with Crippen LogP contribution in [0.15, 0.2) is 66.7 Å². The van der Waals surface area contributed by atoms with Crippen molar-refractivity contribution in [3.8, 4) is 22.8 Å². The summed E-state index contributed by atoms with van der Waals surface area (Å²) in [6.45, 7) is 15.5. The zero-order valence-electron chi connectivity index (χ0n) is 31.5. The van der Waals surface area contributed by atoms with Crippen LogP contribution in [0.25, 0.3) is 11.3 Å². The van der Waals surface area contributed by atoms with Gasteiger partial charge in [0.15, 0.2) is 11.5 Å². The number of hydrogen-bond acceptors (Lipinski definition) is 9. The minimum absolute atomic E-state index is 0.0600. The molecule has 0 aliphatic rings. The van der Waals surface area contributed by atoms with Gasteiger partial charge in [-0.25, -0.2) is 9.78 Å². The monoisotopic (exact) mass is 709 g/mol. The molecule has 12 nitrogen and oxygen atoms in total. The number of carbonyl (C=O) groups excluding carboxylic acids is 3. The van der Waals surface area contributed by atoms with Crippen molar-refractivity contribution in [2.75, 3.05) is 51.0 Å². The number of benzene rings is 3. The van der Waals surface area contributed by atoms with Crippen molar-refractivity contribution in [1.82, 2.24) is 25.1 Å². The van der Waals surface area contributed by atoms with Crippen LogP contribution in [0.5, 0.6) is 11.5 Å². The first-order valence-corrected chi connectivity index (χ1v) is 17.7. The number of amides is 3. The SMILES string of the molecule is CCC(C)NC(=O)Cc1ccc(OC(=O)Nc2cc(-c3cccc(C)c3C)nc(Nc3ccc(C(=O)N(C)CCN(CC)CC)cc3)n2)c(OC)c1. The third kappa shape index (κ3) is 10.8. The van der Waals surface area contributed by atoms with Gasteiger partial charge in [-0.3, -0.25) is 14.9 Å². The van der Waals surface area contributed by atoms with Crippen molar-refractivity contribution in [1.29, 1.82) is 0 Å². The smallest absolute Gasteiger partial charge is 0.418 e. The molecule has 52 heavy (non-hydrogen) atoms. The highest BCUT2D eigenvalue weighted by Crippen LogP contribution is 2.30. The number of aryl methyl sites for hydroxylation is 1. The van der Waals surface area contributed by atoms with Gasteiger partial charge in [0, 0.05) is 49.1 Å². The fourth-order valence-corrected chi connectivity index (χ4v) is 5.46. The number of hydrogen-bond donors (Lipinski definition) is 3. The van der Waals surface area contributed by atoms with Crippen LogP contribution in [0, 0.1) is 13.8 Å². The summed E-state index contributed by atoms with van der Waals surface area (Å²) < 4.78 is 11.1. The Kier molecular flexibility index (Phi) is 14.1. The van der Waals surface area contributed by atoms with Crippen molar-refractivity contribution in [3.05, 3.63) is 89.0 Å². The first kappa shape index (κ1) is 39.3. The maximum Gasteiger partial charge on any atom is 0.418 e. The van der Waals surface area contributed by atoms with E-state index < -0.39 is 6.09 Å². The van der Waals surface area contributed by atoms with Crippen LogP contribution in [0.4, 0.5) is 22.2 Å². The molecule has 1 aromatic heterocycles. The summed E-state index contributed by atoms with van der Waals surface area (Å²) in [5, 5.41) is 8.89. The summed E-state index contributed by atoms with van der Waals surface area (Å²) in [5.74, 6) is 0.770. The van der Waals surface area contributed by atoms with Gasteiger partial charge >= 0.3 is 6.09 Å².